The number of fused-ring (bicyclic) bond motifs is 1. The minimum atomic E-state index is -1.00. The number of benzene rings is 1. The van der Waals surface area contributed by atoms with Crippen molar-refractivity contribution in [3.8, 4) is 11.8 Å². The maximum Gasteiger partial charge on any atom is 0.307 e. The smallest absolute Gasteiger partial charge is 0.307 e. The summed E-state index contributed by atoms with van der Waals surface area (Å²) in [5.41, 5.74) is 1.90. The fraction of sp³-hybridized carbons (Fsp3) is 0.167. The third-order valence-corrected chi connectivity index (χ3v) is 5.23. The van der Waals surface area contributed by atoms with Gasteiger partial charge < -0.3 is 9.84 Å². The molecule has 2 heterocycles. The van der Waals surface area contributed by atoms with Crippen LogP contribution in [0.1, 0.15) is 26.5 Å². The molecule has 0 saturated carbocycles. The second-order valence-corrected chi connectivity index (χ2v) is 6.91. The van der Waals surface area contributed by atoms with Crippen LogP contribution in [0.15, 0.2) is 23.6 Å². The number of aromatic nitrogens is 1. The van der Waals surface area contributed by atoms with E-state index in [0.29, 0.717) is 43.4 Å². The molecule has 0 aliphatic heterocycles. The molecule has 0 fully saturated rings. The Kier molecular flexibility index (Phi) is 4.72. The molecule has 3 rings (SSSR count). The first kappa shape index (κ1) is 18.0. The minimum absolute atomic E-state index is 0.236. The number of carbonyl (C=O) groups is 2. The molecule has 0 aliphatic rings. The van der Waals surface area contributed by atoms with E-state index in [1.807, 2.05) is 6.07 Å². The van der Waals surface area contributed by atoms with Crippen molar-refractivity contribution in [3.63, 3.8) is 0 Å². The molecular formula is C18H13ClN2O4S. The Morgan fingerprint density at radius 1 is 1.38 bits per heavy atom. The summed E-state index contributed by atoms with van der Waals surface area (Å²) >= 11 is 7.39. The second-order valence-electron chi connectivity index (χ2n) is 5.59. The standard InChI is InChI=1S/C18H13ClN2O4S/c1-9-12(5-17(22)23)13-4-16(25-2)14(19)6-15(13)21(9)18(24)10-3-11(7-20)26-8-10/h3-4,6,8H,5H2,1-2H3,(H,22,23). The van der Waals surface area contributed by atoms with Crippen LogP contribution in [0.2, 0.25) is 5.02 Å². The van der Waals surface area contributed by atoms with Crippen LogP contribution in [0.5, 0.6) is 5.75 Å². The van der Waals surface area contributed by atoms with Crippen molar-refractivity contribution in [2.45, 2.75) is 13.3 Å². The first-order valence-electron chi connectivity index (χ1n) is 7.50. The lowest BCUT2D eigenvalue weighted by atomic mass is 10.1. The van der Waals surface area contributed by atoms with Gasteiger partial charge in [-0.3, -0.25) is 14.2 Å². The van der Waals surface area contributed by atoms with Crippen LogP contribution in [0.4, 0.5) is 0 Å². The van der Waals surface area contributed by atoms with Crippen molar-refractivity contribution in [1.82, 2.24) is 4.57 Å². The highest BCUT2D eigenvalue weighted by Crippen LogP contribution is 2.35. The molecule has 3 aromatic rings. The van der Waals surface area contributed by atoms with Crippen LogP contribution < -0.4 is 4.74 Å². The van der Waals surface area contributed by atoms with Gasteiger partial charge in [-0.2, -0.15) is 5.26 Å². The van der Waals surface area contributed by atoms with Crippen LogP contribution in [-0.2, 0) is 11.2 Å². The van der Waals surface area contributed by atoms with E-state index in [2.05, 4.69) is 0 Å². The van der Waals surface area contributed by atoms with Crippen molar-refractivity contribution < 1.29 is 19.4 Å². The number of hydrogen-bond acceptors (Lipinski definition) is 5. The van der Waals surface area contributed by atoms with Crippen molar-refractivity contribution >= 4 is 45.7 Å². The lowest BCUT2D eigenvalue weighted by molar-refractivity contribution is -0.136. The summed E-state index contributed by atoms with van der Waals surface area (Å²) < 4.78 is 6.65. The van der Waals surface area contributed by atoms with E-state index in [1.54, 1.807) is 24.4 Å². The SMILES string of the molecule is COc1cc2c(CC(=O)O)c(C)n(C(=O)c3csc(C#N)c3)c2cc1Cl. The fourth-order valence-corrected chi connectivity index (χ4v) is 3.81. The first-order valence-corrected chi connectivity index (χ1v) is 8.75. The summed E-state index contributed by atoms with van der Waals surface area (Å²) in [6, 6.07) is 6.74. The molecule has 26 heavy (non-hydrogen) atoms. The van der Waals surface area contributed by atoms with Gasteiger partial charge in [-0.05, 0) is 30.7 Å². The van der Waals surface area contributed by atoms with E-state index in [-0.39, 0.29) is 12.3 Å². The predicted octanol–water partition coefficient (Wildman–Crippen LogP) is 3.86. The third kappa shape index (κ3) is 2.94. The van der Waals surface area contributed by atoms with Gasteiger partial charge in [0.05, 0.1) is 29.6 Å². The number of carboxylic acid groups (broad SMARTS) is 1. The third-order valence-electron chi connectivity index (χ3n) is 4.10. The molecule has 0 unspecified atom stereocenters. The number of ether oxygens (including phenoxy) is 1. The highest BCUT2D eigenvalue weighted by Gasteiger charge is 2.23. The summed E-state index contributed by atoms with van der Waals surface area (Å²) in [6.07, 6.45) is -0.236. The van der Waals surface area contributed by atoms with Crippen molar-refractivity contribution in [3.05, 3.63) is 50.3 Å². The topological polar surface area (TPSA) is 92.3 Å². The Hall–Kier alpha value is -2.82. The molecule has 6 nitrogen and oxygen atoms in total. The fourth-order valence-electron chi connectivity index (χ4n) is 2.91. The van der Waals surface area contributed by atoms with Crippen LogP contribution in [0.3, 0.4) is 0 Å². The highest BCUT2D eigenvalue weighted by atomic mass is 35.5. The molecule has 1 N–H and O–H groups in total. The maximum absolute atomic E-state index is 13.0. The van der Waals surface area contributed by atoms with Crippen molar-refractivity contribution in [2.75, 3.05) is 7.11 Å². The van der Waals surface area contributed by atoms with E-state index in [4.69, 9.17) is 21.6 Å². The molecule has 2 aromatic heterocycles. The van der Waals surface area contributed by atoms with Crippen LogP contribution in [-0.4, -0.2) is 28.7 Å². The van der Waals surface area contributed by atoms with Gasteiger partial charge in [-0.15, -0.1) is 11.3 Å². The molecule has 1 aromatic carbocycles. The number of nitrogens with zero attached hydrogens (tertiary/aromatic N) is 2. The van der Waals surface area contributed by atoms with Crippen molar-refractivity contribution in [2.24, 2.45) is 0 Å². The zero-order chi connectivity index (χ0) is 19.0. The molecule has 0 atom stereocenters. The number of methoxy groups -OCH3 is 1. The average molecular weight is 389 g/mol. The normalized spacial score (nSPS) is 10.7. The first-order chi connectivity index (χ1) is 12.4. The highest BCUT2D eigenvalue weighted by molar-refractivity contribution is 7.10. The maximum atomic E-state index is 13.0. The van der Waals surface area contributed by atoms with Gasteiger partial charge >= 0.3 is 5.97 Å². The van der Waals surface area contributed by atoms with Gasteiger partial charge in [0.2, 0.25) is 0 Å². The lowest BCUT2D eigenvalue weighted by Crippen LogP contribution is -2.13. The second kappa shape index (κ2) is 6.83. The van der Waals surface area contributed by atoms with Crippen LogP contribution in [0.25, 0.3) is 10.9 Å². The molecule has 0 spiro atoms. The molecular weight excluding hydrogens is 376 g/mol. The predicted molar refractivity (Wildman–Crippen MR) is 98.3 cm³/mol. The monoisotopic (exact) mass is 388 g/mol. The van der Waals surface area contributed by atoms with Crippen molar-refractivity contribution in [1.29, 1.82) is 5.26 Å². The lowest BCUT2D eigenvalue weighted by Gasteiger charge is -2.07. The van der Waals surface area contributed by atoms with E-state index in [9.17, 15) is 14.7 Å². The van der Waals surface area contributed by atoms with E-state index < -0.39 is 5.97 Å². The van der Waals surface area contributed by atoms with Gasteiger partial charge in [0.1, 0.15) is 16.7 Å². The van der Waals surface area contributed by atoms with Gasteiger partial charge in [-0.1, -0.05) is 11.6 Å². The van der Waals surface area contributed by atoms with Crippen LogP contribution in [0, 0.1) is 18.3 Å². The zero-order valence-electron chi connectivity index (χ0n) is 13.9. The average Bonchev–Trinajstić information content (AvgIpc) is 3.17. The van der Waals surface area contributed by atoms with Crippen LogP contribution >= 0.6 is 22.9 Å². The Morgan fingerprint density at radius 2 is 2.12 bits per heavy atom. The Bertz CT molecular complexity index is 1090. The molecule has 8 heteroatoms. The Morgan fingerprint density at radius 3 is 2.69 bits per heavy atom. The zero-order valence-corrected chi connectivity index (χ0v) is 15.4. The quantitative estimate of drug-likeness (QED) is 0.732. The number of rotatable bonds is 4. The minimum Gasteiger partial charge on any atom is -0.495 e. The van der Waals surface area contributed by atoms with Gasteiger partial charge in [0.25, 0.3) is 5.91 Å². The number of carbonyl (C=O) groups excluding carboxylic acids is 1. The number of aliphatic carboxylic acids is 1. The van der Waals surface area contributed by atoms with Gasteiger partial charge in [0.15, 0.2) is 0 Å². The van der Waals surface area contributed by atoms with Gasteiger partial charge in [0, 0.05) is 16.5 Å². The summed E-state index contributed by atoms with van der Waals surface area (Å²) in [5, 5.41) is 20.7. The number of nitriles is 1. The summed E-state index contributed by atoms with van der Waals surface area (Å²) in [5.74, 6) is -0.948. The number of thiophene rings is 1. The summed E-state index contributed by atoms with van der Waals surface area (Å²) in [7, 11) is 1.47. The number of carboxylic acids is 1. The summed E-state index contributed by atoms with van der Waals surface area (Å²) in [4.78, 5) is 24.7. The van der Waals surface area contributed by atoms with E-state index >= 15 is 0 Å². The molecule has 0 radical (unpaired) electrons. The molecule has 0 amide bonds. The molecule has 0 saturated heterocycles. The molecule has 0 bridgehead atoms. The summed E-state index contributed by atoms with van der Waals surface area (Å²) in [6.45, 7) is 1.69. The number of hydrogen-bond donors (Lipinski definition) is 1. The van der Waals surface area contributed by atoms with Gasteiger partial charge in [-0.25, -0.2) is 0 Å². The Balaban J connectivity index is 2.28. The Labute approximate surface area is 157 Å². The molecule has 0 aliphatic carbocycles. The van der Waals surface area contributed by atoms with E-state index in [1.165, 1.54) is 29.1 Å². The largest absolute Gasteiger partial charge is 0.495 e. The number of halogens is 1. The van der Waals surface area contributed by atoms with E-state index in [0.717, 1.165) is 0 Å². The molecule has 132 valence electrons.